The fraction of sp³-hybridized carbons (Fsp3) is 0.440. The van der Waals surface area contributed by atoms with E-state index in [2.05, 4.69) is 59.4 Å². The molecular formula is C25H30N4S2. The third-order valence-corrected chi connectivity index (χ3v) is 8.58. The zero-order chi connectivity index (χ0) is 21.2. The minimum atomic E-state index is 0.599. The van der Waals surface area contributed by atoms with Gasteiger partial charge in [0.05, 0.1) is 21.4 Å². The maximum absolute atomic E-state index is 4.70. The van der Waals surface area contributed by atoms with Crippen molar-refractivity contribution in [2.75, 3.05) is 18.4 Å². The molecule has 1 aliphatic heterocycles. The van der Waals surface area contributed by atoms with Crippen LogP contribution in [-0.4, -0.2) is 34.0 Å². The van der Waals surface area contributed by atoms with Crippen molar-refractivity contribution in [2.24, 2.45) is 0 Å². The lowest BCUT2D eigenvalue weighted by Crippen LogP contribution is -2.42. The standard InChI is InChI=1S/C25H30N4S2/c1-3-4-5-12-29-13-6-7-19(17(29)2)24-15-20-21(10-11-26-25(20)31-24)28-18-8-9-23-22(14-18)27-16-30-23/h8-11,14-17,19H,3-7,12-13H2,1-2H3,(H,26,28). The minimum absolute atomic E-state index is 0.599. The molecule has 2 atom stereocenters. The Hall–Kier alpha value is -2.02. The van der Waals surface area contributed by atoms with E-state index in [0.29, 0.717) is 12.0 Å². The number of nitrogens with zero attached hydrogens (tertiary/aromatic N) is 3. The number of unbranched alkanes of at least 4 members (excludes halogenated alkanes) is 2. The first-order valence-corrected chi connectivity index (χ1v) is 13.2. The molecule has 0 bridgehead atoms. The van der Waals surface area contributed by atoms with Gasteiger partial charge in [0.25, 0.3) is 0 Å². The molecule has 1 N–H and O–H groups in total. The van der Waals surface area contributed by atoms with Crippen molar-refractivity contribution in [1.29, 1.82) is 0 Å². The van der Waals surface area contributed by atoms with Gasteiger partial charge in [-0.1, -0.05) is 19.8 Å². The van der Waals surface area contributed by atoms with Crippen LogP contribution in [0.1, 0.15) is 56.7 Å². The average molecular weight is 451 g/mol. The maximum atomic E-state index is 4.70. The van der Waals surface area contributed by atoms with E-state index in [1.165, 1.54) is 60.2 Å². The van der Waals surface area contributed by atoms with Crippen LogP contribution in [-0.2, 0) is 0 Å². The summed E-state index contributed by atoms with van der Waals surface area (Å²) in [7, 11) is 0. The Morgan fingerprint density at radius 1 is 1.16 bits per heavy atom. The number of thiazole rings is 1. The summed E-state index contributed by atoms with van der Waals surface area (Å²) in [6.07, 6.45) is 8.44. The number of hydrogen-bond acceptors (Lipinski definition) is 6. The normalized spacial score (nSPS) is 19.9. The van der Waals surface area contributed by atoms with Gasteiger partial charge in [0, 0.05) is 34.1 Å². The number of nitrogens with one attached hydrogen (secondary N) is 1. The van der Waals surface area contributed by atoms with Crippen LogP contribution in [0.25, 0.3) is 20.4 Å². The number of anilines is 2. The van der Waals surface area contributed by atoms with E-state index in [9.17, 15) is 0 Å². The first-order valence-electron chi connectivity index (χ1n) is 11.5. The van der Waals surface area contributed by atoms with Crippen LogP contribution in [0.4, 0.5) is 11.4 Å². The van der Waals surface area contributed by atoms with Crippen molar-refractivity contribution in [3.8, 4) is 0 Å². The Morgan fingerprint density at radius 3 is 3.00 bits per heavy atom. The second-order valence-electron chi connectivity index (χ2n) is 8.62. The largest absolute Gasteiger partial charge is 0.355 e. The van der Waals surface area contributed by atoms with E-state index in [1.54, 1.807) is 11.3 Å². The molecule has 4 heterocycles. The Balaban J connectivity index is 1.39. The molecule has 1 aliphatic rings. The number of hydrogen-bond donors (Lipinski definition) is 1. The van der Waals surface area contributed by atoms with E-state index in [0.717, 1.165) is 21.7 Å². The van der Waals surface area contributed by atoms with Crippen molar-refractivity contribution in [1.82, 2.24) is 14.9 Å². The van der Waals surface area contributed by atoms with Crippen LogP contribution in [0, 0.1) is 0 Å². The van der Waals surface area contributed by atoms with Crippen molar-refractivity contribution in [3.05, 3.63) is 46.9 Å². The lowest BCUT2D eigenvalue weighted by atomic mass is 9.88. The van der Waals surface area contributed by atoms with Crippen LogP contribution in [0.5, 0.6) is 0 Å². The highest BCUT2D eigenvalue weighted by atomic mass is 32.1. The molecule has 3 aromatic heterocycles. The van der Waals surface area contributed by atoms with E-state index in [4.69, 9.17) is 4.98 Å². The molecular weight excluding hydrogens is 420 g/mol. The molecule has 2 unspecified atom stereocenters. The topological polar surface area (TPSA) is 41.0 Å². The second kappa shape index (κ2) is 9.23. The van der Waals surface area contributed by atoms with Crippen molar-refractivity contribution in [2.45, 2.75) is 57.9 Å². The van der Waals surface area contributed by atoms with E-state index >= 15 is 0 Å². The molecule has 0 aliphatic carbocycles. The van der Waals surface area contributed by atoms with Gasteiger partial charge in [0.1, 0.15) is 4.83 Å². The molecule has 31 heavy (non-hydrogen) atoms. The van der Waals surface area contributed by atoms with Gasteiger partial charge in [-0.3, -0.25) is 0 Å². The summed E-state index contributed by atoms with van der Waals surface area (Å²) in [6, 6.07) is 11.5. The lowest BCUT2D eigenvalue weighted by molar-refractivity contribution is 0.137. The highest BCUT2D eigenvalue weighted by Gasteiger charge is 2.30. The summed E-state index contributed by atoms with van der Waals surface area (Å²) in [6.45, 7) is 7.19. The molecule has 4 aromatic rings. The molecule has 4 nitrogen and oxygen atoms in total. The second-order valence-corrected chi connectivity index (χ2v) is 10.6. The van der Waals surface area contributed by atoms with Crippen LogP contribution in [0.3, 0.4) is 0 Å². The number of aromatic nitrogens is 2. The van der Waals surface area contributed by atoms with Gasteiger partial charge >= 0.3 is 0 Å². The van der Waals surface area contributed by atoms with Crippen LogP contribution in [0.15, 0.2) is 42.0 Å². The third-order valence-electron chi connectivity index (χ3n) is 6.60. The number of likely N-dealkylation sites (tertiary alicyclic amines) is 1. The Morgan fingerprint density at radius 2 is 2.10 bits per heavy atom. The molecule has 1 saturated heterocycles. The van der Waals surface area contributed by atoms with Gasteiger partial charge in [0.15, 0.2) is 0 Å². The molecule has 0 saturated carbocycles. The smallest absolute Gasteiger partial charge is 0.125 e. The number of rotatable bonds is 7. The van der Waals surface area contributed by atoms with Gasteiger partial charge in [-0.15, -0.1) is 22.7 Å². The summed E-state index contributed by atoms with van der Waals surface area (Å²) in [4.78, 5) is 14.5. The third kappa shape index (κ3) is 4.34. The predicted octanol–water partition coefficient (Wildman–Crippen LogP) is 7.41. The Kier molecular flexibility index (Phi) is 6.21. The summed E-state index contributed by atoms with van der Waals surface area (Å²) in [5, 5.41) is 4.85. The minimum Gasteiger partial charge on any atom is -0.355 e. The molecule has 0 spiro atoms. The zero-order valence-corrected chi connectivity index (χ0v) is 19.9. The molecule has 5 rings (SSSR count). The number of piperidine rings is 1. The quantitative estimate of drug-likeness (QED) is 0.298. The van der Waals surface area contributed by atoms with Gasteiger partial charge in [-0.25, -0.2) is 9.97 Å². The van der Waals surface area contributed by atoms with E-state index < -0.39 is 0 Å². The Labute approximate surface area is 192 Å². The van der Waals surface area contributed by atoms with Crippen LogP contribution in [0.2, 0.25) is 0 Å². The molecule has 0 amide bonds. The molecule has 6 heteroatoms. The summed E-state index contributed by atoms with van der Waals surface area (Å²) < 4.78 is 1.22. The zero-order valence-electron chi connectivity index (χ0n) is 18.3. The van der Waals surface area contributed by atoms with Crippen LogP contribution >= 0.6 is 22.7 Å². The Bertz CT molecular complexity index is 1160. The van der Waals surface area contributed by atoms with Gasteiger partial charge in [-0.05, 0) is 69.6 Å². The van der Waals surface area contributed by atoms with Crippen LogP contribution < -0.4 is 5.32 Å². The van der Waals surface area contributed by atoms with E-state index in [-0.39, 0.29) is 0 Å². The molecule has 162 valence electrons. The van der Waals surface area contributed by atoms with Gasteiger partial charge in [-0.2, -0.15) is 0 Å². The molecule has 1 fully saturated rings. The summed E-state index contributed by atoms with van der Waals surface area (Å²) in [5.41, 5.74) is 5.16. The number of benzene rings is 1. The van der Waals surface area contributed by atoms with Gasteiger partial charge in [0.2, 0.25) is 0 Å². The van der Waals surface area contributed by atoms with Crippen molar-refractivity contribution >= 4 is 54.5 Å². The highest BCUT2D eigenvalue weighted by Crippen LogP contribution is 2.40. The molecule has 0 radical (unpaired) electrons. The predicted molar refractivity (Wildman–Crippen MR) is 135 cm³/mol. The highest BCUT2D eigenvalue weighted by molar-refractivity contribution is 7.18. The summed E-state index contributed by atoms with van der Waals surface area (Å²) >= 11 is 3.56. The van der Waals surface area contributed by atoms with E-state index in [1.807, 2.05) is 23.0 Å². The van der Waals surface area contributed by atoms with Crippen molar-refractivity contribution in [3.63, 3.8) is 0 Å². The van der Waals surface area contributed by atoms with Crippen molar-refractivity contribution < 1.29 is 0 Å². The number of fused-ring (bicyclic) bond motifs is 2. The number of thiophene rings is 1. The molecule has 1 aromatic carbocycles. The summed E-state index contributed by atoms with van der Waals surface area (Å²) in [5.74, 6) is 0.605. The fourth-order valence-electron chi connectivity index (χ4n) is 4.81. The average Bonchev–Trinajstić information content (AvgIpc) is 3.42. The number of pyridine rings is 1. The lowest BCUT2D eigenvalue weighted by Gasteiger charge is -2.39. The first-order chi connectivity index (χ1) is 15.2. The maximum Gasteiger partial charge on any atom is 0.125 e. The fourth-order valence-corrected chi connectivity index (χ4v) is 6.73. The monoisotopic (exact) mass is 450 g/mol. The van der Waals surface area contributed by atoms with Gasteiger partial charge < -0.3 is 10.2 Å². The first kappa shape index (κ1) is 20.9. The SMILES string of the molecule is CCCCCN1CCCC(c2cc3c(Nc4ccc5scnc5c4)ccnc3s2)C1C.